The third-order valence-corrected chi connectivity index (χ3v) is 4.93. The number of rotatable bonds is 5. The van der Waals surface area contributed by atoms with Gasteiger partial charge in [0.1, 0.15) is 5.82 Å². The summed E-state index contributed by atoms with van der Waals surface area (Å²) in [7, 11) is -3.48. The average Bonchev–Trinajstić information content (AvgIpc) is 2.88. The maximum Gasteiger partial charge on any atom is 0.257 e. The predicted molar refractivity (Wildman–Crippen MR) is 73.4 cm³/mol. The Hall–Kier alpha value is -0.920. The highest BCUT2D eigenvalue weighted by molar-refractivity contribution is 7.89. The van der Waals surface area contributed by atoms with E-state index in [2.05, 4.69) is 26.5 Å². The van der Waals surface area contributed by atoms with Crippen molar-refractivity contribution in [1.29, 1.82) is 0 Å². The second-order valence-corrected chi connectivity index (χ2v) is 6.58. The minimum absolute atomic E-state index is 0.00734. The van der Waals surface area contributed by atoms with Crippen molar-refractivity contribution in [2.45, 2.75) is 44.2 Å². The fourth-order valence-electron chi connectivity index (χ4n) is 2.38. The molecule has 2 N–H and O–H groups in total. The molecule has 6 nitrogen and oxygen atoms in total. The summed E-state index contributed by atoms with van der Waals surface area (Å²) < 4.78 is 27.2. The van der Waals surface area contributed by atoms with Crippen molar-refractivity contribution in [3.8, 4) is 0 Å². The first-order valence-electron chi connectivity index (χ1n) is 6.83. The summed E-state index contributed by atoms with van der Waals surface area (Å²) in [6.45, 7) is 6.83. The number of aryl methyl sites for hydroxylation is 1. The summed E-state index contributed by atoms with van der Waals surface area (Å²) in [5, 5.41) is 0.165. The van der Waals surface area contributed by atoms with Gasteiger partial charge >= 0.3 is 0 Å². The molecule has 0 aromatic carbocycles. The largest absolute Gasteiger partial charge is 0.332 e. The first-order chi connectivity index (χ1) is 9.05. The zero-order valence-electron chi connectivity index (χ0n) is 11.5. The molecule has 0 bridgehead atoms. The molecule has 108 valence electrons. The van der Waals surface area contributed by atoms with Gasteiger partial charge < -0.3 is 9.88 Å². The molecule has 2 rings (SSSR count). The lowest BCUT2D eigenvalue weighted by Gasteiger charge is -2.31. The minimum atomic E-state index is -3.48. The van der Waals surface area contributed by atoms with Gasteiger partial charge in [0.25, 0.3) is 10.0 Å². The highest BCUT2D eigenvalue weighted by Crippen LogP contribution is 2.13. The van der Waals surface area contributed by atoms with Gasteiger partial charge in [-0.3, -0.25) is 0 Å². The van der Waals surface area contributed by atoms with Gasteiger partial charge in [-0.2, -0.15) is 0 Å². The fraction of sp³-hybridized carbons (Fsp3) is 0.750. The smallest absolute Gasteiger partial charge is 0.257 e. The molecule has 1 fully saturated rings. The third-order valence-electron chi connectivity index (χ3n) is 3.50. The van der Waals surface area contributed by atoms with E-state index >= 15 is 0 Å². The number of likely N-dealkylation sites (tertiary alicyclic amines) is 1. The number of imidazole rings is 1. The summed E-state index contributed by atoms with van der Waals surface area (Å²) in [5.41, 5.74) is 0. The van der Waals surface area contributed by atoms with Gasteiger partial charge in [0.05, 0.1) is 6.20 Å². The summed E-state index contributed by atoms with van der Waals surface area (Å²) in [5.74, 6) is 0.694. The van der Waals surface area contributed by atoms with Crippen LogP contribution in [0.1, 0.15) is 32.5 Å². The van der Waals surface area contributed by atoms with Gasteiger partial charge in [-0.05, 0) is 25.9 Å². The molecule has 7 heteroatoms. The van der Waals surface area contributed by atoms with Gasteiger partial charge in [-0.1, -0.05) is 13.8 Å². The number of hydrogen-bond donors (Lipinski definition) is 2. The monoisotopic (exact) mass is 286 g/mol. The van der Waals surface area contributed by atoms with Crippen LogP contribution in [0.3, 0.4) is 0 Å². The van der Waals surface area contributed by atoms with E-state index in [0.29, 0.717) is 12.2 Å². The van der Waals surface area contributed by atoms with Crippen molar-refractivity contribution in [1.82, 2.24) is 19.6 Å². The Morgan fingerprint density at radius 2 is 2.32 bits per heavy atom. The molecule has 0 aliphatic carbocycles. The Kier molecular flexibility index (Phi) is 4.59. The fourth-order valence-corrected chi connectivity index (χ4v) is 3.58. The van der Waals surface area contributed by atoms with Crippen molar-refractivity contribution in [2.24, 2.45) is 0 Å². The molecule has 0 spiro atoms. The van der Waals surface area contributed by atoms with Crippen LogP contribution < -0.4 is 4.72 Å². The number of nitrogens with one attached hydrogen (secondary N) is 2. The van der Waals surface area contributed by atoms with E-state index in [-0.39, 0.29) is 11.1 Å². The standard InChI is InChI=1S/C12H22N4O2S/c1-3-11-13-8-12(14-11)19(17,18)15-10-6-5-7-16(4-2)9-10/h8,10,15H,3-7,9H2,1-2H3,(H,13,14). The summed E-state index contributed by atoms with van der Waals surface area (Å²) in [6, 6.07) is -0.00734. The van der Waals surface area contributed by atoms with Gasteiger partial charge in [0.2, 0.25) is 0 Å². The summed E-state index contributed by atoms with van der Waals surface area (Å²) in [6.07, 6.45) is 4.01. The van der Waals surface area contributed by atoms with E-state index in [9.17, 15) is 8.42 Å². The van der Waals surface area contributed by atoms with E-state index in [1.807, 2.05) is 6.92 Å². The molecule has 1 aromatic rings. The number of piperidine rings is 1. The van der Waals surface area contributed by atoms with Crippen LogP contribution in [-0.4, -0.2) is 49.0 Å². The van der Waals surface area contributed by atoms with Crippen LogP contribution in [0, 0.1) is 0 Å². The number of likely N-dealkylation sites (N-methyl/N-ethyl adjacent to an activating group) is 1. The van der Waals surface area contributed by atoms with E-state index < -0.39 is 10.0 Å². The van der Waals surface area contributed by atoms with Crippen LogP contribution in [0.2, 0.25) is 0 Å². The highest BCUT2D eigenvalue weighted by atomic mass is 32.2. The quantitative estimate of drug-likeness (QED) is 0.836. The number of sulfonamides is 1. The first kappa shape index (κ1) is 14.5. The minimum Gasteiger partial charge on any atom is -0.332 e. The molecule has 0 amide bonds. The van der Waals surface area contributed by atoms with Gasteiger partial charge in [0.15, 0.2) is 5.03 Å². The highest BCUT2D eigenvalue weighted by Gasteiger charge is 2.25. The molecule has 1 aliphatic rings. The average molecular weight is 286 g/mol. The van der Waals surface area contributed by atoms with Crippen LogP contribution >= 0.6 is 0 Å². The molecule has 0 saturated carbocycles. The lowest BCUT2D eigenvalue weighted by Crippen LogP contribution is -2.47. The Labute approximate surface area is 114 Å². The van der Waals surface area contributed by atoms with Gasteiger partial charge in [-0.15, -0.1) is 0 Å². The van der Waals surface area contributed by atoms with Crippen molar-refractivity contribution in [2.75, 3.05) is 19.6 Å². The molecule has 2 heterocycles. The number of aromatic amines is 1. The first-order valence-corrected chi connectivity index (χ1v) is 8.32. The summed E-state index contributed by atoms with van der Waals surface area (Å²) >= 11 is 0. The molecule has 1 aliphatic heterocycles. The lowest BCUT2D eigenvalue weighted by molar-refractivity contribution is 0.211. The molecule has 0 radical (unpaired) electrons. The molecular formula is C12H22N4O2S. The maximum absolute atomic E-state index is 12.2. The Bertz CT molecular complexity index is 512. The SMILES string of the molecule is CCc1ncc(S(=O)(=O)NC2CCCN(CC)C2)[nH]1. The zero-order chi connectivity index (χ0) is 13.9. The summed E-state index contributed by atoms with van der Waals surface area (Å²) in [4.78, 5) is 9.15. The van der Waals surface area contributed by atoms with Crippen molar-refractivity contribution in [3.05, 3.63) is 12.0 Å². The molecule has 1 unspecified atom stereocenters. The molecule has 1 atom stereocenters. The predicted octanol–water partition coefficient (Wildman–Crippen LogP) is 0.735. The van der Waals surface area contributed by atoms with Crippen LogP contribution in [-0.2, 0) is 16.4 Å². The molecule has 1 saturated heterocycles. The third kappa shape index (κ3) is 3.55. The van der Waals surface area contributed by atoms with Crippen LogP contribution in [0.5, 0.6) is 0 Å². The topological polar surface area (TPSA) is 78.1 Å². The van der Waals surface area contributed by atoms with Gasteiger partial charge in [-0.25, -0.2) is 18.1 Å². The van der Waals surface area contributed by atoms with Crippen molar-refractivity contribution in [3.63, 3.8) is 0 Å². The molecule has 19 heavy (non-hydrogen) atoms. The molecule has 1 aromatic heterocycles. The number of H-pyrrole nitrogens is 1. The normalized spacial score (nSPS) is 21.7. The van der Waals surface area contributed by atoms with E-state index in [0.717, 1.165) is 32.5 Å². The Balaban J connectivity index is 2.04. The number of hydrogen-bond acceptors (Lipinski definition) is 4. The van der Waals surface area contributed by atoms with E-state index in [4.69, 9.17) is 0 Å². The number of nitrogens with zero attached hydrogens (tertiary/aromatic N) is 2. The second-order valence-electron chi connectivity index (χ2n) is 4.90. The van der Waals surface area contributed by atoms with E-state index in [1.54, 1.807) is 0 Å². The van der Waals surface area contributed by atoms with Crippen molar-refractivity contribution >= 4 is 10.0 Å². The Morgan fingerprint density at radius 1 is 1.53 bits per heavy atom. The van der Waals surface area contributed by atoms with Crippen LogP contribution in [0.25, 0.3) is 0 Å². The second kappa shape index (κ2) is 6.02. The van der Waals surface area contributed by atoms with Gasteiger partial charge in [0, 0.05) is 19.0 Å². The van der Waals surface area contributed by atoms with Crippen molar-refractivity contribution < 1.29 is 8.42 Å². The maximum atomic E-state index is 12.2. The van der Waals surface area contributed by atoms with Crippen LogP contribution in [0.15, 0.2) is 11.2 Å². The van der Waals surface area contributed by atoms with E-state index in [1.165, 1.54) is 6.20 Å². The zero-order valence-corrected chi connectivity index (χ0v) is 12.3. The lowest BCUT2D eigenvalue weighted by atomic mass is 10.1. The molecular weight excluding hydrogens is 264 g/mol. The Morgan fingerprint density at radius 3 is 2.95 bits per heavy atom. The van der Waals surface area contributed by atoms with Crippen LogP contribution in [0.4, 0.5) is 0 Å². The number of aromatic nitrogens is 2.